The van der Waals surface area contributed by atoms with E-state index in [1.54, 1.807) is 0 Å². The highest BCUT2D eigenvalue weighted by molar-refractivity contribution is 5.85. The van der Waals surface area contributed by atoms with Gasteiger partial charge in [0.1, 0.15) is 0 Å². The lowest BCUT2D eigenvalue weighted by atomic mass is 9.92. The van der Waals surface area contributed by atoms with Crippen molar-refractivity contribution in [1.82, 2.24) is 0 Å². The first-order valence-corrected chi connectivity index (χ1v) is 5.21. The lowest BCUT2D eigenvalue weighted by molar-refractivity contribution is -0.168. The van der Waals surface area contributed by atoms with E-state index in [0.29, 0.717) is 13.2 Å². The lowest BCUT2D eigenvalue weighted by Crippen LogP contribution is -2.35. The van der Waals surface area contributed by atoms with Crippen molar-refractivity contribution in [3.8, 4) is 0 Å². The van der Waals surface area contributed by atoms with Crippen LogP contribution < -0.4 is 0 Å². The van der Waals surface area contributed by atoms with Crippen LogP contribution in [-0.2, 0) is 19.1 Å². The zero-order valence-corrected chi connectivity index (χ0v) is 8.82. The SMILES string of the molecule is CC(=O)ON=C1CCC2(CC1)OCCO2. The molecule has 2 fully saturated rings. The van der Waals surface area contributed by atoms with Gasteiger partial charge in [0.15, 0.2) is 5.79 Å². The van der Waals surface area contributed by atoms with Crippen LogP contribution >= 0.6 is 0 Å². The van der Waals surface area contributed by atoms with E-state index < -0.39 is 0 Å². The molecule has 2 rings (SSSR count). The van der Waals surface area contributed by atoms with Crippen molar-refractivity contribution in [2.24, 2.45) is 5.16 Å². The number of rotatable bonds is 1. The monoisotopic (exact) mass is 213 g/mol. The molecule has 0 unspecified atom stereocenters. The number of oxime groups is 1. The molecule has 0 N–H and O–H groups in total. The molecule has 0 atom stereocenters. The van der Waals surface area contributed by atoms with E-state index in [-0.39, 0.29) is 11.8 Å². The molecule has 1 saturated carbocycles. The molecule has 5 heteroatoms. The van der Waals surface area contributed by atoms with Gasteiger partial charge in [0.2, 0.25) is 0 Å². The Morgan fingerprint density at radius 2 is 1.93 bits per heavy atom. The fourth-order valence-corrected chi connectivity index (χ4v) is 1.93. The van der Waals surface area contributed by atoms with E-state index in [2.05, 4.69) is 9.99 Å². The van der Waals surface area contributed by atoms with Crippen LogP contribution in [0.25, 0.3) is 0 Å². The van der Waals surface area contributed by atoms with Crippen LogP contribution in [0.4, 0.5) is 0 Å². The summed E-state index contributed by atoms with van der Waals surface area (Å²) in [4.78, 5) is 15.2. The first-order valence-electron chi connectivity index (χ1n) is 5.21. The summed E-state index contributed by atoms with van der Waals surface area (Å²) in [6, 6.07) is 0. The molecular formula is C10H15NO4. The van der Waals surface area contributed by atoms with Crippen LogP contribution in [0.15, 0.2) is 5.16 Å². The second-order valence-electron chi connectivity index (χ2n) is 3.85. The van der Waals surface area contributed by atoms with Crippen molar-refractivity contribution in [1.29, 1.82) is 0 Å². The molecular weight excluding hydrogens is 198 g/mol. The second-order valence-corrected chi connectivity index (χ2v) is 3.85. The molecule has 1 aliphatic heterocycles. The molecule has 0 bridgehead atoms. The van der Waals surface area contributed by atoms with Crippen molar-refractivity contribution < 1.29 is 19.1 Å². The summed E-state index contributed by atoms with van der Waals surface area (Å²) in [5, 5.41) is 3.79. The number of nitrogens with zero attached hydrogens (tertiary/aromatic N) is 1. The van der Waals surface area contributed by atoms with Gasteiger partial charge >= 0.3 is 5.97 Å². The molecule has 84 valence electrons. The minimum atomic E-state index is -0.380. The Labute approximate surface area is 88.4 Å². The summed E-state index contributed by atoms with van der Waals surface area (Å²) in [6.45, 7) is 2.70. The average molecular weight is 213 g/mol. The Kier molecular flexibility index (Phi) is 3.02. The molecule has 1 saturated heterocycles. The molecule has 1 heterocycles. The zero-order chi connectivity index (χ0) is 10.7. The Bertz CT molecular complexity index is 269. The normalized spacial score (nSPS) is 24.2. The third-order valence-electron chi connectivity index (χ3n) is 2.71. The van der Waals surface area contributed by atoms with Crippen LogP contribution in [0, 0.1) is 0 Å². The van der Waals surface area contributed by atoms with Crippen LogP contribution in [0.1, 0.15) is 32.6 Å². The highest BCUT2D eigenvalue weighted by Crippen LogP contribution is 2.34. The Hall–Kier alpha value is -0.940. The van der Waals surface area contributed by atoms with Gasteiger partial charge in [-0.25, -0.2) is 4.79 Å². The predicted molar refractivity (Wildman–Crippen MR) is 52.3 cm³/mol. The second kappa shape index (κ2) is 4.28. The van der Waals surface area contributed by atoms with Crippen LogP contribution in [0.2, 0.25) is 0 Å². The fraction of sp³-hybridized carbons (Fsp3) is 0.800. The number of hydrogen-bond donors (Lipinski definition) is 0. The van der Waals surface area contributed by atoms with E-state index in [1.807, 2.05) is 0 Å². The Morgan fingerprint density at radius 1 is 1.33 bits per heavy atom. The van der Waals surface area contributed by atoms with E-state index in [9.17, 15) is 4.79 Å². The van der Waals surface area contributed by atoms with Gasteiger partial charge in [-0.15, -0.1) is 0 Å². The molecule has 0 amide bonds. The third-order valence-corrected chi connectivity index (χ3v) is 2.71. The first kappa shape index (κ1) is 10.6. The molecule has 15 heavy (non-hydrogen) atoms. The van der Waals surface area contributed by atoms with E-state index in [0.717, 1.165) is 31.4 Å². The summed E-state index contributed by atoms with van der Waals surface area (Å²) in [5.41, 5.74) is 0.912. The minimum Gasteiger partial charge on any atom is -0.348 e. The van der Waals surface area contributed by atoms with Crippen LogP contribution in [0.5, 0.6) is 0 Å². The van der Waals surface area contributed by atoms with Gasteiger partial charge in [0, 0.05) is 19.8 Å². The molecule has 0 radical (unpaired) electrons. The molecule has 1 aliphatic carbocycles. The Balaban J connectivity index is 1.86. The number of carbonyl (C=O) groups excluding carboxylic acids is 1. The van der Waals surface area contributed by atoms with Crippen molar-refractivity contribution in [2.75, 3.05) is 13.2 Å². The maximum atomic E-state index is 10.6. The summed E-state index contributed by atoms with van der Waals surface area (Å²) >= 11 is 0. The quantitative estimate of drug-likeness (QED) is 0.485. The fourth-order valence-electron chi connectivity index (χ4n) is 1.93. The number of hydrogen-bond acceptors (Lipinski definition) is 5. The summed E-state index contributed by atoms with van der Waals surface area (Å²) in [5.74, 6) is -0.758. The average Bonchev–Trinajstić information content (AvgIpc) is 2.66. The van der Waals surface area contributed by atoms with E-state index in [1.165, 1.54) is 6.92 Å². The van der Waals surface area contributed by atoms with Gasteiger partial charge in [-0.1, -0.05) is 5.16 Å². The smallest absolute Gasteiger partial charge is 0.331 e. The van der Waals surface area contributed by atoms with Gasteiger partial charge in [-0.05, 0) is 12.8 Å². The predicted octanol–water partition coefficient (Wildman–Crippen LogP) is 1.22. The molecule has 1 spiro atoms. The number of carbonyl (C=O) groups is 1. The van der Waals surface area contributed by atoms with Gasteiger partial charge in [-0.3, -0.25) is 0 Å². The highest BCUT2D eigenvalue weighted by Gasteiger charge is 2.39. The molecule has 0 aromatic carbocycles. The van der Waals surface area contributed by atoms with E-state index in [4.69, 9.17) is 9.47 Å². The zero-order valence-electron chi connectivity index (χ0n) is 8.82. The van der Waals surface area contributed by atoms with Gasteiger partial charge in [0.25, 0.3) is 0 Å². The lowest BCUT2D eigenvalue weighted by Gasteiger charge is -2.31. The van der Waals surface area contributed by atoms with Gasteiger partial charge < -0.3 is 14.3 Å². The topological polar surface area (TPSA) is 57.1 Å². The Morgan fingerprint density at radius 3 is 2.47 bits per heavy atom. The third kappa shape index (κ3) is 2.54. The highest BCUT2D eigenvalue weighted by atomic mass is 16.7. The summed E-state index contributed by atoms with van der Waals surface area (Å²) in [7, 11) is 0. The van der Waals surface area contributed by atoms with Gasteiger partial charge in [-0.2, -0.15) is 0 Å². The van der Waals surface area contributed by atoms with Crippen molar-refractivity contribution in [3.05, 3.63) is 0 Å². The standard InChI is InChI=1S/C10H15NO4/c1-8(12)15-11-9-2-4-10(5-3-9)13-6-7-14-10/h2-7H2,1H3. The molecule has 0 aromatic rings. The maximum Gasteiger partial charge on any atom is 0.331 e. The number of ether oxygens (including phenoxy) is 2. The molecule has 5 nitrogen and oxygen atoms in total. The van der Waals surface area contributed by atoms with Crippen molar-refractivity contribution in [3.63, 3.8) is 0 Å². The van der Waals surface area contributed by atoms with Crippen LogP contribution in [-0.4, -0.2) is 30.7 Å². The van der Waals surface area contributed by atoms with Crippen LogP contribution in [0.3, 0.4) is 0 Å². The van der Waals surface area contributed by atoms with E-state index >= 15 is 0 Å². The molecule has 0 aromatic heterocycles. The van der Waals surface area contributed by atoms with Crippen molar-refractivity contribution >= 4 is 11.7 Å². The maximum absolute atomic E-state index is 10.6. The summed E-state index contributed by atoms with van der Waals surface area (Å²) in [6.07, 6.45) is 3.14. The molecule has 2 aliphatic rings. The largest absolute Gasteiger partial charge is 0.348 e. The summed E-state index contributed by atoms with van der Waals surface area (Å²) < 4.78 is 11.1. The minimum absolute atomic E-state index is 0.379. The van der Waals surface area contributed by atoms with Gasteiger partial charge in [0.05, 0.1) is 18.9 Å². The van der Waals surface area contributed by atoms with Crippen molar-refractivity contribution in [2.45, 2.75) is 38.4 Å². The first-order chi connectivity index (χ1) is 7.20.